The quantitative estimate of drug-likeness (QED) is 0.874. The summed E-state index contributed by atoms with van der Waals surface area (Å²) in [6.45, 7) is 0.792. The van der Waals surface area contributed by atoms with Crippen LogP contribution < -0.4 is 10.5 Å². The minimum atomic E-state index is -0.184. The van der Waals surface area contributed by atoms with Crippen molar-refractivity contribution in [2.24, 2.45) is 11.7 Å². The Kier molecular flexibility index (Phi) is 2.37. The fourth-order valence-electron chi connectivity index (χ4n) is 1.90. The first-order chi connectivity index (χ1) is 7.69. The second-order valence-electron chi connectivity index (χ2n) is 5.03. The summed E-state index contributed by atoms with van der Waals surface area (Å²) in [5.74, 6) is 1.54. The Morgan fingerprint density at radius 3 is 2.75 bits per heavy atom. The van der Waals surface area contributed by atoms with Gasteiger partial charge >= 0.3 is 0 Å². The third-order valence-electron chi connectivity index (χ3n) is 3.46. The van der Waals surface area contributed by atoms with Gasteiger partial charge in [-0.2, -0.15) is 0 Å². The van der Waals surface area contributed by atoms with Gasteiger partial charge < -0.3 is 10.5 Å². The molecule has 1 aromatic rings. The second kappa shape index (κ2) is 3.64. The van der Waals surface area contributed by atoms with Crippen LogP contribution in [0.15, 0.2) is 18.2 Å². The molecule has 0 heterocycles. The maximum absolute atomic E-state index is 6.33. The lowest BCUT2D eigenvalue weighted by Crippen LogP contribution is -2.19. The first-order valence-electron chi connectivity index (χ1n) is 5.90. The lowest BCUT2D eigenvalue weighted by Gasteiger charge is -2.15. The predicted molar refractivity (Wildman–Crippen MR) is 64.8 cm³/mol. The molecule has 0 aliphatic heterocycles. The highest BCUT2D eigenvalue weighted by Crippen LogP contribution is 2.47. The Morgan fingerprint density at radius 2 is 2.12 bits per heavy atom. The van der Waals surface area contributed by atoms with E-state index in [1.165, 1.54) is 12.8 Å². The summed E-state index contributed by atoms with van der Waals surface area (Å²) in [7, 11) is 0. The van der Waals surface area contributed by atoms with Crippen molar-refractivity contribution >= 4 is 11.6 Å². The molecule has 2 aliphatic rings. The molecule has 2 N–H and O–H groups in total. The summed E-state index contributed by atoms with van der Waals surface area (Å²) in [5.41, 5.74) is 7.03. The van der Waals surface area contributed by atoms with Crippen LogP contribution in [0.2, 0.25) is 5.02 Å². The summed E-state index contributed by atoms with van der Waals surface area (Å²) in [5, 5.41) is 0.711. The van der Waals surface area contributed by atoms with Gasteiger partial charge in [0.05, 0.1) is 11.6 Å². The Balaban J connectivity index is 1.81. The Hall–Kier alpha value is -0.730. The number of rotatable bonds is 4. The minimum Gasteiger partial charge on any atom is -0.492 e. The molecule has 0 radical (unpaired) electrons. The van der Waals surface area contributed by atoms with Gasteiger partial charge in [0.1, 0.15) is 5.75 Å². The molecule has 2 saturated carbocycles. The van der Waals surface area contributed by atoms with E-state index in [2.05, 4.69) is 0 Å². The highest BCUT2D eigenvalue weighted by atomic mass is 35.5. The standard InChI is InChI=1S/C13H16ClNO/c14-12-10(13(15)6-7-13)2-1-3-11(12)16-8-9-4-5-9/h1-3,9H,4-8,15H2. The monoisotopic (exact) mass is 237 g/mol. The van der Waals surface area contributed by atoms with Gasteiger partial charge in [-0.05, 0) is 43.2 Å². The molecule has 0 atom stereocenters. The molecule has 0 amide bonds. The van der Waals surface area contributed by atoms with E-state index in [-0.39, 0.29) is 5.54 Å². The number of ether oxygens (including phenoxy) is 1. The average molecular weight is 238 g/mol. The van der Waals surface area contributed by atoms with Crippen LogP contribution in [0.3, 0.4) is 0 Å². The molecule has 2 fully saturated rings. The topological polar surface area (TPSA) is 35.2 Å². The number of hydrogen-bond donors (Lipinski definition) is 1. The van der Waals surface area contributed by atoms with Crippen molar-refractivity contribution in [1.29, 1.82) is 0 Å². The fourth-order valence-corrected chi connectivity index (χ4v) is 2.27. The Morgan fingerprint density at radius 1 is 1.38 bits per heavy atom. The molecule has 2 nitrogen and oxygen atoms in total. The molecular weight excluding hydrogens is 222 g/mol. The van der Waals surface area contributed by atoms with E-state index in [9.17, 15) is 0 Å². The molecule has 86 valence electrons. The van der Waals surface area contributed by atoms with Crippen LogP contribution >= 0.6 is 11.6 Å². The fraction of sp³-hybridized carbons (Fsp3) is 0.538. The Labute approximate surface area is 101 Å². The molecule has 3 heteroatoms. The molecule has 0 spiro atoms. The third kappa shape index (κ3) is 1.92. The summed E-state index contributed by atoms with van der Waals surface area (Å²) in [6.07, 6.45) is 4.63. The molecule has 16 heavy (non-hydrogen) atoms. The molecule has 0 unspecified atom stereocenters. The Bertz CT molecular complexity index is 410. The zero-order valence-corrected chi connectivity index (χ0v) is 9.96. The van der Waals surface area contributed by atoms with Gasteiger partial charge in [0.15, 0.2) is 0 Å². The van der Waals surface area contributed by atoms with Gasteiger partial charge in [-0.25, -0.2) is 0 Å². The van der Waals surface area contributed by atoms with Gasteiger partial charge in [-0.15, -0.1) is 0 Å². The average Bonchev–Trinajstić information content (AvgIpc) is 3.14. The molecular formula is C13H16ClNO. The normalized spacial score (nSPS) is 21.9. The van der Waals surface area contributed by atoms with E-state index in [1.807, 2.05) is 18.2 Å². The first-order valence-corrected chi connectivity index (χ1v) is 6.27. The van der Waals surface area contributed by atoms with E-state index < -0.39 is 0 Å². The smallest absolute Gasteiger partial charge is 0.138 e. The van der Waals surface area contributed by atoms with Crippen molar-refractivity contribution < 1.29 is 4.74 Å². The summed E-state index contributed by atoms with van der Waals surface area (Å²) in [6, 6.07) is 5.93. The van der Waals surface area contributed by atoms with E-state index in [1.54, 1.807) is 0 Å². The van der Waals surface area contributed by atoms with Crippen LogP contribution in [0.25, 0.3) is 0 Å². The summed E-state index contributed by atoms with van der Waals surface area (Å²) < 4.78 is 5.74. The van der Waals surface area contributed by atoms with Crippen molar-refractivity contribution in [2.75, 3.05) is 6.61 Å². The van der Waals surface area contributed by atoms with Gasteiger partial charge in [-0.3, -0.25) is 0 Å². The van der Waals surface area contributed by atoms with Crippen molar-refractivity contribution in [1.82, 2.24) is 0 Å². The zero-order valence-electron chi connectivity index (χ0n) is 9.21. The summed E-state index contributed by atoms with van der Waals surface area (Å²) >= 11 is 6.33. The molecule has 2 aliphatic carbocycles. The molecule has 0 saturated heterocycles. The highest BCUT2D eigenvalue weighted by Gasteiger charge is 2.42. The lowest BCUT2D eigenvalue weighted by molar-refractivity contribution is 0.299. The second-order valence-corrected chi connectivity index (χ2v) is 5.41. The van der Waals surface area contributed by atoms with Crippen LogP contribution in [0.1, 0.15) is 31.2 Å². The van der Waals surface area contributed by atoms with E-state index in [4.69, 9.17) is 22.1 Å². The number of benzene rings is 1. The van der Waals surface area contributed by atoms with Crippen LogP contribution in [-0.2, 0) is 5.54 Å². The van der Waals surface area contributed by atoms with Crippen LogP contribution in [0, 0.1) is 5.92 Å². The number of nitrogens with two attached hydrogens (primary N) is 1. The maximum atomic E-state index is 6.33. The van der Waals surface area contributed by atoms with Crippen molar-refractivity contribution in [3.63, 3.8) is 0 Å². The predicted octanol–water partition coefficient (Wildman–Crippen LogP) is 3.08. The largest absolute Gasteiger partial charge is 0.492 e. The van der Waals surface area contributed by atoms with E-state index >= 15 is 0 Å². The van der Waals surface area contributed by atoms with Crippen molar-refractivity contribution in [3.05, 3.63) is 28.8 Å². The molecule has 0 bridgehead atoms. The van der Waals surface area contributed by atoms with Crippen molar-refractivity contribution in [3.8, 4) is 5.75 Å². The highest BCUT2D eigenvalue weighted by molar-refractivity contribution is 6.33. The van der Waals surface area contributed by atoms with Crippen molar-refractivity contribution in [2.45, 2.75) is 31.2 Å². The SMILES string of the molecule is NC1(c2cccc(OCC3CC3)c2Cl)CC1. The number of halogens is 1. The minimum absolute atomic E-state index is 0.184. The maximum Gasteiger partial charge on any atom is 0.138 e. The van der Waals surface area contributed by atoms with Gasteiger partial charge in [0.25, 0.3) is 0 Å². The van der Waals surface area contributed by atoms with E-state index in [0.717, 1.165) is 36.7 Å². The molecule has 3 rings (SSSR count). The van der Waals surface area contributed by atoms with Gasteiger partial charge in [0, 0.05) is 5.54 Å². The number of hydrogen-bond acceptors (Lipinski definition) is 2. The molecule has 1 aromatic carbocycles. The zero-order chi connectivity index (χ0) is 11.2. The van der Waals surface area contributed by atoms with Crippen LogP contribution in [-0.4, -0.2) is 6.61 Å². The lowest BCUT2D eigenvalue weighted by atomic mass is 10.1. The van der Waals surface area contributed by atoms with Gasteiger partial charge in [-0.1, -0.05) is 23.7 Å². The van der Waals surface area contributed by atoms with Crippen LogP contribution in [0.5, 0.6) is 5.75 Å². The van der Waals surface area contributed by atoms with Gasteiger partial charge in [0.2, 0.25) is 0 Å². The third-order valence-corrected chi connectivity index (χ3v) is 3.85. The molecule has 0 aromatic heterocycles. The van der Waals surface area contributed by atoms with Crippen LogP contribution in [0.4, 0.5) is 0 Å². The first kappa shape index (κ1) is 10.4. The summed E-state index contributed by atoms with van der Waals surface area (Å²) in [4.78, 5) is 0. The van der Waals surface area contributed by atoms with E-state index in [0.29, 0.717) is 5.02 Å².